The molecule has 1 aliphatic heterocycles. The number of carbonyl (C=O) groups excluding carboxylic acids is 2. The predicted molar refractivity (Wildman–Crippen MR) is 132 cm³/mol. The Kier molecular flexibility index (Phi) is 7.11. The lowest BCUT2D eigenvalue weighted by atomic mass is 10.00. The first-order chi connectivity index (χ1) is 16.5. The molecule has 1 aromatic heterocycles. The first-order valence-electron chi connectivity index (χ1n) is 11.4. The smallest absolute Gasteiger partial charge is 0.254 e. The van der Waals surface area contributed by atoms with Crippen molar-refractivity contribution in [1.29, 1.82) is 0 Å². The summed E-state index contributed by atoms with van der Waals surface area (Å²) in [5.74, 6) is 0.655. The molecule has 1 N–H and O–H groups in total. The van der Waals surface area contributed by atoms with Gasteiger partial charge in [0, 0.05) is 62.3 Å². The molecule has 1 saturated heterocycles. The van der Waals surface area contributed by atoms with Crippen molar-refractivity contribution in [3.63, 3.8) is 0 Å². The molecule has 2 amide bonds. The lowest BCUT2D eigenvalue weighted by Gasteiger charge is -2.41. The first-order valence-corrected chi connectivity index (χ1v) is 11.4. The van der Waals surface area contributed by atoms with Crippen LogP contribution in [0.5, 0.6) is 5.75 Å². The fraction of sp³-hybridized carbons (Fsp3) is 0.296. The van der Waals surface area contributed by atoms with Gasteiger partial charge in [-0.25, -0.2) is 0 Å². The molecule has 3 aromatic rings. The van der Waals surface area contributed by atoms with Gasteiger partial charge in [0.1, 0.15) is 5.75 Å². The van der Waals surface area contributed by atoms with Gasteiger partial charge in [0.15, 0.2) is 0 Å². The zero-order chi connectivity index (χ0) is 24.1. The lowest BCUT2D eigenvalue weighted by molar-refractivity contribution is -0.133. The van der Waals surface area contributed by atoms with Crippen LogP contribution in [0.3, 0.4) is 0 Å². The molecule has 1 atom stereocenters. The Morgan fingerprint density at radius 3 is 2.59 bits per heavy atom. The Morgan fingerprint density at radius 1 is 1.09 bits per heavy atom. The van der Waals surface area contributed by atoms with Crippen molar-refractivity contribution in [1.82, 2.24) is 14.8 Å². The minimum Gasteiger partial charge on any atom is -0.496 e. The summed E-state index contributed by atoms with van der Waals surface area (Å²) < 4.78 is 5.55. The maximum Gasteiger partial charge on any atom is 0.254 e. The van der Waals surface area contributed by atoms with Gasteiger partial charge in [-0.2, -0.15) is 0 Å². The molecule has 7 heteroatoms. The highest BCUT2D eigenvalue weighted by Crippen LogP contribution is 2.33. The third-order valence-electron chi connectivity index (χ3n) is 6.29. The van der Waals surface area contributed by atoms with Crippen molar-refractivity contribution >= 4 is 17.5 Å². The summed E-state index contributed by atoms with van der Waals surface area (Å²) in [5.41, 5.74) is 4.63. The topological polar surface area (TPSA) is 74.8 Å². The number of rotatable bonds is 6. The van der Waals surface area contributed by atoms with Gasteiger partial charge in [-0.1, -0.05) is 24.3 Å². The maximum absolute atomic E-state index is 13.5. The summed E-state index contributed by atoms with van der Waals surface area (Å²) in [6, 6.07) is 17.1. The van der Waals surface area contributed by atoms with Gasteiger partial charge in [0.05, 0.1) is 13.2 Å². The number of hydrogen-bond acceptors (Lipinski definition) is 5. The molecule has 0 aliphatic carbocycles. The highest BCUT2D eigenvalue weighted by atomic mass is 16.5. The van der Waals surface area contributed by atoms with Crippen LogP contribution in [0.4, 0.5) is 5.69 Å². The second kappa shape index (κ2) is 10.4. The number of benzene rings is 2. The highest BCUT2D eigenvalue weighted by Gasteiger charge is 2.34. The Labute approximate surface area is 200 Å². The molecule has 0 unspecified atom stereocenters. The van der Waals surface area contributed by atoms with E-state index < -0.39 is 0 Å². The van der Waals surface area contributed by atoms with Crippen LogP contribution in [0, 0.1) is 6.92 Å². The summed E-state index contributed by atoms with van der Waals surface area (Å²) in [4.78, 5) is 33.6. The van der Waals surface area contributed by atoms with Gasteiger partial charge in [-0.3, -0.25) is 14.6 Å². The fourth-order valence-electron chi connectivity index (χ4n) is 4.38. The van der Waals surface area contributed by atoms with E-state index in [1.165, 1.54) is 0 Å². The summed E-state index contributed by atoms with van der Waals surface area (Å²) in [6.07, 6.45) is 3.53. The molecule has 1 fully saturated rings. The molecule has 0 bridgehead atoms. The molecule has 0 spiro atoms. The van der Waals surface area contributed by atoms with Crippen LogP contribution in [0.1, 0.15) is 40.0 Å². The van der Waals surface area contributed by atoms with Gasteiger partial charge in [0.2, 0.25) is 5.91 Å². The zero-order valence-electron chi connectivity index (χ0n) is 19.8. The lowest BCUT2D eigenvalue weighted by Crippen LogP contribution is -2.51. The molecule has 0 radical (unpaired) electrons. The van der Waals surface area contributed by atoms with E-state index in [0.717, 1.165) is 22.4 Å². The van der Waals surface area contributed by atoms with Crippen LogP contribution >= 0.6 is 0 Å². The van der Waals surface area contributed by atoms with E-state index >= 15 is 0 Å². The zero-order valence-corrected chi connectivity index (χ0v) is 19.8. The largest absolute Gasteiger partial charge is 0.496 e. The number of nitrogens with zero attached hydrogens (tertiary/aromatic N) is 3. The van der Waals surface area contributed by atoms with Gasteiger partial charge in [0.25, 0.3) is 5.91 Å². The fourth-order valence-corrected chi connectivity index (χ4v) is 4.38. The van der Waals surface area contributed by atoms with Crippen LogP contribution in [-0.4, -0.2) is 53.3 Å². The number of aromatic nitrogens is 1. The number of nitrogens with one attached hydrogen (secondary N) is 1. The van der Waals surface area contributed by atoms with Crippen molar-refractivity contribution in [2.75, 3.05) is 32.1 Å². The summed E-state index contributed by atoms with van der Waals surface area (Å²) in [5, 5.41) is 3.43. The van der Waals surface area contributed by atoms with E-state index in [9.17, 15) is 9.59 Å². The molecule has 2 aromatic carbocycles. The van der Waals surface area contributed by atoms with E-state index in [0.29, 0.717) is 37.5 Å². The van der Waals surface area contributed by atoms with E-state index in [1.807, 2.05) is 71.3 Å². The van der Waals surface area contributed by atoms with E-state index in [4.69, 9.17) is 4.74 Å². The number of anilines is 1. The van der Waals surface area contributed by atoms with Crippen LogP contribution in [0.2, 0.25) is 0 Å². The number of methoxy groups -OCH3 is 1. The van der Waals surface area contributed by atoms with Crippen molar-refractivity contribution < 1.29 is 14.3 Å². The number of carbonyl (C=O) groups is 2. The summed E-state index contributed by atoms with van der Waals surface area (Å²) >= 11 is 0. The molecule has 2 heterocycles. The highest BCUT2D eigenvalue weighted by molar-refractivity contribution is 5.95. The number of piperazine rings is 1. The number of ether oxygens (including phenoxy) is 1. The van der Waals surface area contributed by atoms with Crippen molar-refractivity contribution in [3.05, 3.63) is 89.2 Å². The van der Waals surface area contributed by atoms with Crippen LogP contribution < -0.4 is 10.1 Å². The van der Waals surface area contributed by atoms with E-state index in [2.05, 4.69) is 10.3 Å². The number of para-hydroxylation sites is 1. The summed E-state index contributed by atoms with van der Waals surface area (Å²) in [7, 11) is 1.62. The molecule has 1 aliphatic rings. The minimum absolute atomic E-state index is 0.0130. The van der Waals surface area contributed by atoms with E-state index in [-0.39, 0.29) is 17.9 Å². The molecule has 176 valence electrons. The average Bonchev–Trinajstić information content (AvgIpc) is 2.88. The number of hydrogen-bond donors (Lipinski definition) is 1. The molecular weight excluding hydrogens is 428 g/mol. The van der Waals surface area contributed by atoms with Crippen LogP contribution in [0.15, 0.2) is 67.0 Å². The Balaban J connectivity index is 1.55. The normalized spacial score (nSPS) is 15.7. The third kappa shape index (κ3) is 5.03. The predicted octanol–water partition coefficient (Wildman–Crippen LogP) is 4.06. The first kappa shape index (κ1) is 23.3. The van der Waals surface area contributed by atoms with Crippen molar-refractivity contribution in [2.24, 2.45) is 0 Å². The van der Waals surface area contributed by atoms with Crippen LogP contribution in [-0.2, 0) is 11.3 Å². The Morgan fingerprint density at radius 2 is 1.85 bits per heavy atom. The average molecular weight is 459 g/mol. The third-order valence-corrected chi connectivity index (χ3v) is 6.29. The van der Waals surface area contributed by atoms with Gasteiger partial charge in [-0.05, 0) is 48.4 Å². The number of amides is 2. The monoisotopic (exact) mass is 458 g/mol. The van der Waals surface area contributed by atoms with E-state index in [1.54, 1.807) is 26.4 Å². The van der Waals surface area contributed by atoms with Gasteiger partial charge >= 0.3 is 0 Å². The van der Waals surface area contributed by atoms with Crippen molar-refractivity contribution in [2.45, 2.75) is 26.4 Å². The second-order valence-electron chi connectivity index (χ2n) is 8.46. The maximum atomic E-state index is 13.5. The summed E-state index contributed by atoms with van der Waals surface area (Å²) in [6.45, 7) is 5.61. The van der Waals surface area contributed by atoms with Gasteiger partial charge in [-0.15, -0.1) is 0 Å². The minimum atomic E-state index is -0.263. The molecule has 34 heavy (non-hydrogen) atoms. The molecule has 4 rings (SSSR count). The molecular formula is C27H30N4O3. The number of aryl methyl sites for hydroxylation is 1. The Hall–Kier alpha value is -3.87. The SMILES string of the molecule is COc1ccccc1[C@H]1CN(C(=O)c2ccc(C)c(NCc3ccncc3)c2)CCN1C(C)=O. The Bertz CT molecular complexity index is 1170. The second-order valence-corrected chi connectivity index (χ2v) is 8.46. The van der Waals surface area contributed by atoms with Crippen molar-refractivity contribution in [3.8, 4) is 5.75 Å². The quantitative estimate of drug-likeness (QED) is 0.603. The number of pyridine rings is 1. The van der Waals surface area contributed by atoms with Crippen LogP contribution in [0.25, 0.3) is 0 Å². The van der Waals surface area contributed by atoms with Gasteiger partial charge < -0.3 is 19.9 Å². The standard InChI is InChI=1S/C27H30N4O3/c1-19-8-9-22(16-24(19)29-17-21-10-12-28-13-11-21)27(33)30-14-15-31(20(2)32)25(18-30)23-6-4-5-7-26(23)34-3/h4-13,16,25,29H,14-15,17-18H2,1-3H3/t25-/m1/s1. The molecule has 7 nitrogen and oxygen atoms in total. The molecule has 0 saturated carbocycles.